The molecule has 1 aliphatic rings. The summed E-state index contributed by atoms with van der Waals surface area (Å²) in [4.78, 5) is 0. The van der Waals surface area contributed by atoms with E-state index in [4.69, 9.17) is 4.74 Å². The molecule has 20 heavy (non-hydrogen) atoms. The summed E-state index contributed by atoms with van der Waals surface area (Å²) < 4.78 is 7.78. The Morgan fingerprint density at radius 1 is 1.45 bits per heavy atom. The average molecular weight is 271 g/mol. The number of nitrogens with zero attached hydrogens (tertiary/aromatic N) is 2. The molecule has 0 bridgehead atoms. The molecule has 1 aromatic carbocycles. The van der Waals surface area contributed by atoms with Crippen LogP contribution in [-0.4, -0.2) is 22.9 Å². The van der Waals surface area contributed by atoms with Crippen LogP contribution < -0.4 is 10.1 Å². The largest absolute Gasteiger partial charge is 0.493 e. The molecular formula is C16H21N3O. The maximum atomic E-state index is 5.92. The summed E-state index contributed by atoms with van der Waals surface area (Å²) in [5.74, 6) is 1.47. The van der Waals surface area contributed by atoms with Gasteiger partial charge in [-0.1, -0.05) is 25.1 Å². The Hall–Kier alpha value is -1.81. The summed E-state index contributed by atoms with van der Waals surface area (Å²) in [6.07, 6.45) is 5.09. The van der Waals surface area contributed by atoms with E-state index in [1.165, 1.54) is 11.1 Å². The second-order valence-corrected chi connectivity index (χ2v) is 5.37. The highest BCUT2D eigenvalue weighted by Crippen LogP contribution is 2.33. The minimum Gasteiger partial charge on any atom is -0.493 e. The second-order valence-electron chi connectivity index (χ2n) is 5.37. The Labute approximate surface area is 119 Å². The predicted molar refractivity (Wildman–Crippen MR) is 78.8 cm³/mol. The fraction of sp³-hybridized carbons (Fsp3) is 0.438. The number of fused-ring (bicyclic) bond motifs is 1. The van der Waals surface area contributed by atoms with Gasteiger partial charge in [-0.15, -0.1) is 0 Å². The summed E-state index contributed by atoms with van der Waals surface area (Å²) >= 11 is 0. The topological polar surface area (TPSA) is 39.1 Å². The summed E-state index contributed by atoms with van der Waals surface area (Å²) in [6, 6.07) is 8.62. The van der Waals surface area contributed by atoms with E-state index in [9.17, 15) is 0 Å². The number of aromatic nitrogens is 2. The van der Waals surface area contributed by atoms with E-state index >= 15 is 0 Å². The van der Waals surface area contributed by atoms with Crippen molar-refractivity contribution in [3.8, 4) is 5.75 Å². The van der Waals surface area contributed by atoms with Gasteiger partial charge in [-0.25, -0.2) is 0 Å². The zero-order valence-corrected chi connectivity index (χ0v) is 12.0. The maximum Gasteiger partial charge on any atom is 0.122 e. The van der Waals surface area contributed by atoms with Gasteiger partial charge in [-0.2, -0.15) is 5.10 Å². The molecule has 1 aliphatic heterocycles. The minimum atomic E-state index is 0.294. The highest BCUT2D eigenvalue weighted by molar-refractivity contribution is 5.35. The Bertz CT molecular complexity index is 579. The van der Waals surface area contributed by atoms with Crippen molar-refractivity contribution in [1.29, 1.82) is 0 Å². The van der Waals surface area contributed by atoms with E-state index in [0.717, 1.165) is 25.3 Å². The van der Waals surface area contributed by atoms with Gasteiger partial charge in [0, 0.05) is 30.8 Å². The van der Waals surface area contributed by atoms with Crippen molar-refractivity contribution in [1.82, 2.24) is 15.1 Å². The van der Waals surface area contributed by atoms with Gasteiger partial charge in [0.2, 0.25) is 0 Å². The molecule has 2 heterocycles. The van der Waals surface area contributed by atoms with E-state index in [-0.39, 0.29) is 0 Å². The van der Waals surface area contributed by atoms with Crippen molar-refractivity contribution in [2.24, 2.45) is 13.0 Å². The third-order valence-corrected chi connectivity index (χ3v) is 3.89. The fourth-order valence-corrected chi connectivity index (χ4v) is 2.94. The van der Waals surface area contributed by atoms with Crippen molar-refractivity contribution in [2.45, 2.75) is 19.4 Å². The molecule has 2 unspecified atom stereocenters. The highest BCUT2D eigenvalue weighted by Gasteiger charge is 2.28. The van der Waals surface area contributed by atoms with Gasteiger partial charge in [-0.05, 0) is 24.6 Å². The molecule has 3 rings (SSSR count). The Morgan fingerprint density at radius 3 is 3.05 bits per heavy atom. The van der Waals surface area contributed by atoms with E-state index in [1.807, 2.05) is 24.0 Å². The van der Waals surface area contributed by atoms with Crippen LogP contribution in [0, 0.1) is 5.92 Å². The van der Waals surface area contributed by atoms with Gasteiger partial charge in [0.15, 0.2) is 0 Å². The molecule has 0 amide bonds. The number of benzene rings is 1. The fourth-order valence-electron chi connectivity index (χ4n) is 2.94. The SMILES string of the molecule is CCNC(c1cnn(C)c1)C1COc2ccccc2C1. The molecule has 0 saturated carbocycles. The molecular weight excluding hydrogens is 250 g/mol. The summed E-state index contributed by atoms with van der Waals surface area (Å²) in [5, 5.41) is 7.87. The zero-order valence-electron chi connectivity index (χ0n) is 12.0. The number of nitrogens with one attached hydrogen (secondary N) is 1. The van der Waals surface area contributed by atoms with Crippen LogP contribution in [0.15, 0.2) is 36.7 Å². The molecule has 4 nitrogen and oxygen atoms in total. The standard InChI is InChI=1S/C16H21N3O/c1-3-17-16(14-9-18-19(2)10-14)13-8-12-6-4-5-7-15(12)20-11-13/h4-7,9-10,13,16-17H,3,8,11H2,1-2H3. The molecule has 4 heteroatoms. The molecule has 106 valence electrons. The van der Waals surface area contributed by atoms with Crippen LogP contribution in [-0.2, 0) is 13.5 Å². The van der Waals surface area contributed by atoms with Crippen molar-refractivity contribution in [3.63, 3.8) is 0 Å². The number of para-hydroxylation sites is 1. The third-order valence-electron chi connectivity index (χ3n) is 3.89. The van der Waals surface area contributed by atoms with Gasteiger partial charge < -0.3 is 10.1 Å². The average Bonchev–Trinajstić information content (AvgIpc) is 2.90. The van der Waals surface area contributed by atoms with Gasteiger partial charge in [-0.3, -0.25) is 4.68 Å². The molecule has 0 radical (unpaired) electrons. The number of hydrogen-bond acceptors (Lipinski definition) is 3. The van der Waals surface area contributed by atoms with Crippen molar-refractivity contribution >= 4 is 0 Å². The molecule has 2 aromatic rings. The van der Waals surface area contributed by atoms with Crippen LogP contribution in [0.1, 0.15) is 24.1 Å². The molecule has 0 saturated heterocycles. The summed E-state index contributed by atoms with van der Waals surface area (Å²) in [5.41, 5.74) is 2.54. The van der Waals surface area contributed by atoms with Crippen LogP contribution in [0.5, 0.6) is 5.75 Å². The lowest BCUT2D eigenvalue weighted by molar-refractivity contribution is 0.185. The van der Waals surface area contributed by atoms with Crippen molar-refractivity contribution in [3.05, 3.63) is 47.8 Å². The van der Waals surface area contributed by atoms with Gasteiger partial charge in [0.1, 0.15) is 5.75 Å². The highest BCUT2D eigenvalue weighted by atomic mass is 16.5. The lowest BCUT2D eigenvalue weighted by Crippen LogP contribution is -2.35. The van der Waals surface area contributed by atoms with Crippen LogP contribution >= 0.6 is 0 Å². The van der Waals surface area contributed by atoms with E-state index in [0.29, 0.717) is 12.0 Å². The number of hydrogen-bond donors (Lipinski definition) is 1. The Kier molecular flexibility index (Phi) is 3.74. The summed E-state index contributed by atoms with van der Waals surface area (Å²) in [6.45, 7) is 3.84. The van der Waals surface area contributed by atoms with Gasteiger partial charge >= 0.3 is 0 Å². The molecule has 0 spiro atoms. The van der Waals surface area contributed by atoms with E-state index < -0.39 is 0 Å². The van der Waals surface area contributed by atoms with Crippen LogP contribution in [0.3, 0.4) is 0 Å². The number of ether oxygens (including phenoxy) is 1. The third kappa shape index (κ3) is 2.56. The first-order valence-electron chi connectivity index (χ1n) is 7.20. The molecule has 2 atom stereocenters. The molecule has 1 N–H and O–H groups in total. The lowest BCUT2D eigenvalue weighted by atomic mass is 9.87. The normalized spacial score (nSPS) is 19.2. The Balaban J connectivity index is 1.83. The minimum absolute atomic E-state index is 0.294. The molecule has 0 fully saturated rings. The van der Waals surface area contributed by atoms with Crippen LogP contribution in [0.25, 0.3) is 0 Å². The number of rotatable bonds is 4. The molecule has 0 aliphatic carbocycles. The van der Waals surface area contributed by atoms with Crippen LogP contribution in [0.4, 0.5) is 0 Å². The first-order chi connectivity index (χ1) is 9.78. The monoisotopic (exact) mass is 271 g/mol. The van der Waals surface area contributed by atoms with Crippen molar-refractivity contribution in [2.75, 3.05) is 13.2 Å². The number of aryl methyl sites for hydroxylation is 1. The second kappa shape index (κ2) is 5.67. The zero-order chi connectivity index (χ0) is 13.9. The van der Waals surface area contributed by atoms with Gasteiger partial charge in [0.25, 0.3) is 0 Å². The first-order valence-corrected chi connectivity index (χ1v) is 7.20. The predicted octanol–water partition coefficient (Wildman–Crippen LogP) is 2.32. The van der Waals surface area contributed by atoms with Crippen LogP contribution in [0.2, 0.25) is 0 Å². The lowest BCUT2D eigenvalue weighted by Gasteiger charge is -2.31. The Morgan fingerprint density at radius 2 is 2.30 bits per heavy atom. The maximum absolute atomic E-state index is 5.92. The smallest absolute Gasteiger partial charge is 0.122 e. The first kappa shape index (κ1) is 13.2. The molecule has 1 aromatic heterocycles. The van der Waals surface area contributed by atoms with Crippen molar-refractivity contribution < 1.29 is 4.74 Å². The van der Waals surface area contributed by atoms with E-state index in [1.54, 1.807) is 0 Å². The quantitative estimate of drug-likeness (QED) is 0.927. The van der Waals surface area contributed by atoms with E-state index in [2.05, 4.69) is 41.7 Å². The van der Waals surface area contributed by atoms with Gasteiger partial charge in [0.05, 0.1) is 12.8 Å². The summed E-state index contributed by atoms with van der Waals surface area (Å²) in [7, 11) is 1.96.